The third-order valence-electron chi connectivity index (χ3n) is 3.20. The zero-order chi connectivity index (χ0) is 13.4. The Bertz CT molecular complexity index is 653. The van der Waals surface area contributed by atoms with Crippen LogP contribution in [0.4, 0.5) is 5.95 Å². The normalized spacial score (nSPS) is 23.2. The molecule has 0 bridgehead atoms. The summed E-state index contributed by atoms with van der Waals surface area (Å²) in [5.74, 6) is 0.143. The molecule has 2 aromatic rings. The third kappa shape index (κ3) is 2.22. The summed E-state index contributed by atoms with van der Waals surface area (Å²) >= 11 is 1.09. The minimum Gasteiger partial charge on any atom is -0.396 e. The molecule has 1 aliphatic heterocycles. The smallest absolute Gasteiger partial charge is 0.311 e. The highest BCUT2D eigenvalue weighted by atomic mass is 32.1. The molecule has 3 heterocycles. The number of aliphatic hydroxyl groups is 1. The van der Waals surface area contributed by atoms with Crippen LogP contribution in [0.25, 0.3) is 10.3 Å². The monoisotopic (exact) mass is 282 g/mol. The predicted octanol–water partition coefficient (Wildman–Crippen LogP) is 0.495. The fourth-order valence-electron chi connectivity index (χ4n) is 2.34. The molecule has 0 saturated carbocycles. The lowest BCUT2D eigenvalue weighted by atomic mass is 10.2. The van der Waals surface area contributed by atoms with Crippen molar-refractivity contribution in [3.8, 4) is 0 Å². The Morgan fingerprint density at radius 3 is 3.21 bits per heavy atom. The fourth-order valence-corrected chi connectivity index (χ4v) is 3.17. The lowest BCUT2D eigenvalue weighted by Gasteiger charge is -2.14. The second-order valence-corrected chi connectivity index (χ2v) is 5.45. The molecule has 102 valence electrons. The Hall–Kier alpha value is -1.51. The Morgan fingerprint density at radius 2 is 2.42 bits per heavy atom. The summed E-state index contributed by atoms with van der Waals surface area (Å²) in [7, 11) is 0. The summed E-state index contributed by atoms with van der Waals surface area (Å²) < 4.78 is 8.02. The van der Waals surface area contributed by atoms with E-state index in [1.807, 2.05) is 0 Å². The Labute approximate surface area is 112 Å². The quantitative estimate of drug-likeness (QED) is 0.849. The van der Waals surface area contributed by atoms with Crippen LogP contribution in [0.2, 0.25) is 0 Å². The zero-order valence-electron chi connectivity index (χ0n) is 10.2. The van der Waals surface area contributed by atoms with Gasteiger partial charge in [-0.05, 0) is 19.3 Å². The molecule has 7 nitrogen and oxygen atoms in total. The van der Waals surface area contributed by atoms with Gasteiger partial charge in [-0.2, -0.15) is 4.98 Å². The van der Waals surface area contributed by atoms with E-state index in [2.05, 4.69) is 9.97 Å². The van der Waals surface area contributed by atoms with Crippen molar-refractivity contribution in [3.05, 3.63) is 15.9 Å². The summed E-state index contributed by atoms with van der Waals surface area (Å²) in [6.07, 6.45) is 3.38. The van der Waals surface area contributed by atoms with Crippen molar-refractivity contribution in [2.24, 2.45) is 0 Å². The van der Waals surface area contributed by atoms with Crippen LogP contribution in [0.1, 0.15) is 25.5 Å². The van der Waals surface area contributed by atoms with Gasteiger partial charge in [-0.3, -0.25) is 9.36 Å². The van der Waals surface area contributed by atoms with Crippen LogP contribution in [-0.4, -0.2) is 32.4 Å². The maximum Gasteiger partial charge on any atom is 0.311 e. The number of rotatable bonds is 3. The molecule has 3 rings (SSSR count). The van der Waals surface area contributed by atoms with E-state index in [0.29, 0.717) is 16.8 Å². The van der Waals surface area contributed by atoms with Crippen molar-refractivity contribution in [1.29, 1.82) is 0 Å². The molecule has 0 unspecified atom stereocenters. The van der Waals surface area contributed by atoms with E-state index in [0.717, 1.165) is 24.2 Å². The predicted molar refractivity (Wildman–Crippen MR) is 70.9 cm³/mol. The van der Waals surface area contributed by atoms with Crippen LogP contribution in [0.3, 0.4) is 0 Å². The van der Waals surface area contributed by atoms with Crippen molar-refractivity contribution < 1.29 is 9.84 Å². The molecule has 1 saturated heterocycles. The number of hydrogen-bond donors (Lipinski definition) is 2. The Kier molecular flexibility index (Phi) is 3.21. The first kappa shape index (κ1) is 12.5. The number of nitrogen functional groups attached to an aromatic ring is 1. The van der Waals surface area contributed by atoms with Gasteiger partial charge in [-0.25, -0.2) is 4.98 Å². The topological polar surface area (TPSA) is 103 Å². The lowest BCUT2D eigenvalue weighted by molar-refractivity contribution is -0.00658. The van der Waals surface area contributed by atoms with E-state index in [1.54, 1.807) is 6.20 Å². The van der Waals surface area contributed by atoms with Crippen LogP contribution in [0, 0.1) is 0 Å². The molecular formula is C11H14N4O3S. The van der Waals surface area contributed by atoms with E-state index in [9.17, 15) is 4.79 Å². The Morgan fingerprint density at radius 1 is 1.58 bits per heavy atom. The summed E-state index contributed by atoms with van der Waals surface area (Å²) in [4.78, 5) is 19.9. The summed E-state index contributed by atoms with van der Waals surface area (Å²) in [6.45, 7) is 0.0891. The van der Waals surface area contributed by atoms with Crippen LogP contribution in [-0.2, 0) is 4.74 Å². The van der Waals surface area contributed by atoms with Crippen LogP contribution >= 0.6 is 11.3 Å². The van der Waals surface area contributed by atoms with Crippen molar-refractivity contribution in [2.75, 3.05) is 12.3 Å². The van der Waals surface area contributed by atoms with E-state index in [-0.39, 0.29) is 29.8 Å². The first-order valence-electron chi connectivity index (χ1n) is 6.09. The maximum absolute atomic E-state index is 12.0. The van der Waals surface area contributed by atoms with Gasteiger partial charge in [0.05, 0.1) is 17.0 Å². The number of fused-ring (bicyclic) bond motifs is 1. The number of aliphatic hydroxyl groups excluding tert-OH is 1. The van der Waals surface area contributed by atoms with Gasteiger partial charge in [0.2, 0.25) is 5.95 Å². The molecule has 0 amide bonds. The van der Waals surface area contributed by atoms with Gasteiger partial charge in [0.1, 0.15) is 6.23 Å². The number of nitrogens with zero attached hydrogens (tertiary/aromatic N) is 3. The first-order chi connectivity index (χ1) is 9.19. The molecule has 3 N–H and O–H groups in total. The van der Waals surface area contributed by atoms with E-state index >= 15 is 0 Å². The van der Waals surface area contributed by atoms with Crippen molar-refractivity contribution >= 4 is 27.6 Å². The summed E-state index contributed by atoms with van der Waals surface area (Å²) in [5, 5.41) is 8.92. The Balaban J connectivity index is 1.99. The zero-order valence-corrected chi connectivity index (χ0v) is 11.0. The molecule has 1 aliphatic rings. The first-order valence-corrected chi connectivity index (χ1v) is 6.90. The van der Waals surface area contributed by atoms with Crippen LogP contribution in [0.15, 0.2) is 11.0 Å². The summed E-state index contributed by atoms with van der Waals surface area (Å²) in [5.41, 5.74) is 6.09. The van der Waals surface area contributed by atoms with Crippen LogP contribution in [0.5, 0.6) is 0 Å². The lowest BCUT2D eigenvalue weighted by Crippen LogP contribution is -2.21. The van der Waals surface area contributed by atoms with E-state index < -0.39 is 0 Å². The number of thiazole rings is 1. The van der Waals surface area contributed by atoms with Gasteiger partial charge in [-0.15, -0.1) is 0 Å². The fraction of sp³-hybridized carbons (Fsp3) is 0.545. The summed E-state index contributed by atoms with van der Waals surface area (Å²) in [6, 6.07) is 0. The van der Waals surface area contributed by atoms with Crippen molar-refractivity contribution in [1.82, 2.24) is 14.5 Å². The number of ether oxygens (including phenoxy) is 1. The number of anilines is 1. The van der Waals surface area contributed by atoms with Crippen LogP contribution < -0.4 is 10.6 Å². The molecule has 0 radical (unpaired) electrons. The molecule has 19 heavy (non-hydrogen) atoms. The average Bonchev–Trinajstić information content (AvgIpc) is 2.93. The number of nitrogens with two attached hydrogens (primary N) is 1. The molecule has 1 fully saturated rings. The molecule has 2 aromatic heterocycles. The van der Waals surface area contributed by atoms with Crippen molar-refractivity contribution in [2.45, 2.75) is 31.6 Å². The van der Waals surface area contributed by atoms with E-state index in [1.165, 1.54) is 4.57 Å². The third-order valence-corrected chi connectivity index (χ3v) is 4.08. The maximum atomic E-state index is 12.0. The second-order valence-electron chi connectivity index (χ2n) is 4.46. The minimum atomic E-state index is -0.327. The molecule has 2 atom stereocenters. The SMILES string of the molecule is Nc1ncc2sc(=O)n([C@H]3CC[C@@H](CCO)O3)c2n1. The van der Waals surface area contributed by atoms with Gasteiger partial charge < -0.3 is 15.6 Å². The minimum absolute atomic E-state index is 0.00367. The van der Waals surface area contributed by atoms with Gasteiger partial charge >= 0.3 is 4.87 Å². The highest BCUT2D eigenvalue weighted by Crippen LogP contribution is 2.31. The van der Waals surface area contributed by atoms with Gasteiger partial charge in [0.15, 0.2) is 5.65 Å². The number of aromatic nitrogens is 3. The molecule has 0 aromatic carbocycles. The second kappa shape index (κ2) is 4.87. The van der Waals surface area contributed by atoms with Crippen molar-refractivity contribution in [3.63, 3.8) is 0 Å². The van der Waals surface area contributed by atoms with Gasteiger partial charge in [0.25, 0.3) is 0 Å². The van der Waals surface area contributed by atoms with Gasteiger partial charge in [-0.1, -0.05) is 11.3 Å². The standard InChI is InChI=1S/C11H14N4O3S/c12-10-13-5-7-9(14-10)15(11(17)19-7)8-2-1-6(18-8)3-4-16/h5-6,8,16H,1-4H2,(H2,12,13,14)/t6-,8+/m0/s1. The molecular weight excluding hydrogens is 268 g/mol. The average molecular weight is 282 g/mol. The molecule has 0 aliphatic carbocycles. The number of hydrogen-bond acceptors (Lipinski definition) is 7. The van der Waals surface area contributed by atoms with E-state index in [4.69, 9.17) is 15.6 Å². The highest BCUT2D eigenvalue weighted by Gasteiger charge is 2.29. The molecule has 8 heteroatoms. The molecule has 0 spiro atoms. The van der Waals surface area contributed by atoms with Gasteiger partial charge in [0, 0.05) is 6.61 Å². The highest BCUT2D eigenvalue weighted by molar-refractivity contribution is 7.16. The largest absolute Gasteiger partial charge is 0.396 e.